The minimum atomic E-state index is -0.472. The molecule has 1 aliphatic heterocycles. The van der Waals surface area contributed by atoms with Crippen LogP contribution in [-0.4, -0.2) is 10.2 Å². The third-order valence-electron chi connectivity index (χ3n) is 4.64. The summed E-state index contributed by atoms with van der Waals surface area (Å²) in [4.78, 5) is 0.887. The van der Waals surface area contributed by atoms with Crippen LogP contribution in [0.5, 0.6) is 0 Å². The third-order valence-corrected chi connectivity index (χ3v) is 5.95. The maximum absolute atomic E-state index is 13.3. The van der Waals surface area contributed by atoms with Crippen molar-refractivity contribution < 1.29 is 4.39 Å². The number of aromatic nitrogens is 2. The van der Waals surface area contributed by atoms with E-state index in [-0.39, 0.29) is 5.82 Å². The zero-order valence-corrected chi connectivity index (χ0v) is 15.4. The molecule has 0 radical (unpaired) electrons. The summed E-state index contributed by atoms with van der Waals surface area (Å²) in [5, 5.41) is 30.0. The summed E-state index contributed by atoms with van der Waals surface area (Å²) in [6.45, 7) is 3.75. The number of allylic oxidation sites excluding steroid dienone is 3. The Morgan fingerprint density at radius 3 is 2.44 bits per heavy atom. The van der Waals surface area contributed by atoms with Gasteiger partial charge in [-0.15, -0.1) is 11.3 Å². The Labute approximate surface area is 159 Å². The number of hydrogen-bond acceptors (Lipinski definition) is 5. The average molecular weight is 375 g/mol. The number of aryl methyl sites for hydroxylation is 1. The number of halogens is 1. The van der Waals surface area contributed by atoms with Crippen LogP contribution in [0, 0.1) is 35.4 Å². The topological polar surface area (TPSA) is 88.3 Å². The highest BCUT2D eigenvalue weighted by Gasteiger charge is 2.33. The van der Waals surface area contributed by atoms with Crippen LogP contribution in [0.2, 0.25) is 0 Å². The van der Waals surface area contributed by atoms with Crippen molar-refractivity contribution in [1.82, 2.24) is 15.5 Å². The van der Waals surface area contributed by atoms with E-state index < -0.39 is 5.92 Å². The molecule has 132 valence electrons. The number of fused-ring (bicyclic) bond motifs is 1. The fourth-order valence-electron chi connectivity index (χ4n) is 3.31. The fraction of sp³-hybridized carbons (Fsp3) is 0.150. The summed E-state index contributed by atoms with van der Waals surface area (Å²) in [7, 11) is 0. The van der Waals surface area contributed by atoms with Crippen LogP contribution in [0.4, 0.5) is 4.39 Å². The van der Waals surface area contributed by atoms with Crippen LogP contribution >= 0.6 is 11.3 Å². The molecule has 1 aliphatic rings. The second kappa shape index (κ2) is 6.39. The maximum Gasteiger partial charge on any atom is 0.123 e. The predicted molar refractivity (Wildman–Crippen MR) is 102 cm³/mol. The van der Waals surface area contributed by atoms with Gasteiger partial charge in [-0.25, -0.2) is 4.39 Å². The van der Waals surface area contributed by atoms with Gasteiger partial charge < -0.3 is 5.32 Å². The van der Waals surface area contributed by atoms with Gasteiger partial charge in [-0.1, -0.05) is 0 Å². The summed E-state index contributed by atoms with van der Waals surface area (Å²) >= 11 is 1.52. The van der Waals surface area contributed by atoms with E-state index in [0.717, 1.165) is 20.8 Å². The number of thiophene rings is 1. The number of H-pyrrole nitrogens is 1. The molecule has 0 fully saturated rings. The monoisotopic (exact) mass is 375 g/mol. The lowest BCUT2D eigenvalue weighted by Gasteiger charge is -2.27. The molecule has 5 nitrogen and oxygen atoms in total. The molecule has 0 aliphatic carbocycles. The summed E-state index contributed by atoms with van der Waals surface area (Å²) in [5.74, 6) is -0.815. The zero-order chi connectivity index (χ0) is 19.1. The van der Waals surface area contributed by atoms with Crippen molar-refractivity contribution in [3.8, 4) is 12.1 Å². The van der Waals surface area contributed by atoms with Gasteiger partial charge in [-0.05, 0) is 49.7 Å². The van der Waals surface area contributed by atoms with Gasteiger partial charge in [-0.3, -0.25) is 5.10 Å². The van der Waals surface area contributed by atoms with E-state index in [0.29, 0.717) is 28.1 Å². The molecular weight excluding hydrogens is 361 g/mol. The summed E-state index contributed by atoms with van der Waals surface area (Å²) < 4.78 is 14.3. The van der Waals surface area contributed by atoms with Crippen LogP contribution in [0.25, 0.3) is 15.9 Å². The van der Waals surface area contributed by atoms with Gasteiger partial charge in [0.25, 0.3) is 0 Å². The number of rotatable bonds is 2. The van der Waals surface area contributed by atoms with Crippen molar-refractivity contribution in [2.75, 3.05) is 0 Å². The van der Waals surface area contributed by atoms with E-state index >= 15 is 0 Å². The van der Waals surface area contributed by atoms with Crippen LogP contribution in [-0.2, 0) is 0 Å². The van der Waals surface area contributed by atoms with E-state index in [1.807, 2.05) is 19.9 Å². The van der Waals surface area contributed by atoms with E-state index in [2.05, 4.69) is 27.7 Å². The predicted octanol–water partition coefficient (Wildman–Crippen LogP) is 4.49. The number of aromatic amines is 1. The Morgan fingerprint density at radius 2 is 1.81 bits per heavy atom. The molecule has 1 atom stereocenters. The van der Waals surface area contributed by atoms with Gasteiger partial charge in [0, 0.05) is 16.3 Å². The van der Waals surface area contributed by atoms with Crippen molar-refractivity contribution in [3.05, 3.63) is 69.1 Å². The number of nitrogens with one attached hydrogen (secondary N) is 2. The molecule has 2 N–H and O–H groups in total. The first kappa shape index (κ1) is 17.0. The van der Waals surface area contributed by atoms with E-state index in [1.54, 1.807) is 12.1 Å². The Hall–Kier alpha value is -3.42. The van der Waals surface area contributed by atoms with Crippen LogP contribution in [0.15, 0.2) is 47.2 Å². The number of nitrogens with zero attached hydrogens (tertiary/aromatic N) is 3. The molecule has 4 rings (SSSR count). The van der Waals surface area contributed by atoms with Crippen molar-refractivity contribution in [3.63, 3.8) is 0 Å². The first-order chi connectivity index (χ1) is 13.0. The molecule has 1 aromatic carbocycles. The van der Waals surface area contributed by atoms with Gasteiger partial charge in [0.05, 0.1) is 39.6 Å². The van der Waals surface area contributed by atoms with Crippen LogP contribution in [0.1, 0.15) is 29.0 Å². The molecule has 7 heteroatoms. The van der Waals surface area contributed by atoms with Gasteiger partial charge in [0.2, 0.25) is 0 Å². The normalized spacial score (nSPS) is 17.0. The summed E-state index contributed by atoms with van der Waals surface area (Å²) in [6.07, 6.45) is 0. The maximum atomic E-state index is 13.3. The number of benzene rings is 1. The first-order valence-electron chi connectivity index (χ1n) is 8.26. The lowest BCUT2D eigenvalue weighted by molar-refractivity contribution is 0.627. The summed E-state index contributed by atoms with van der Waals surface area (Å²) in [6, 6.07) is 12.4. The van der Waals surface area contributed by atoms with Gasteiger partial charge in [0.15, 0.2) is 0 Å². The molecule has 0 amide bonds. The molecule has 27 heavy (non-hydrogen) atoms. The zero-order valence-electron chi connectivity index (χ0n) is 14.6. The molecule has 0 bridgehead atoms. The second-order valence-corrected chi connectivity index (χ2v) is 7.41. The average Bonchev–Trinajstić information content (AvgIpc) is 3.23. The highest BCUT2D eigenvalue weighted by molar-refractivity contribution is 7.19. The number of dihydropyridines is 1. The minimum absolute atomic E-state index is 0.343. The van der Waals surface area contributed by atoms with Crippen LogP contribution in [0.3, 0.4) is 0 Å². The van der Waals surface area contributed by atoms with Crippen molar-refractivity contribution in [2.45, 2.75) is 19.8 Å². The van der Waals surface area contributed by atoms with E-state index in [9.17, 15) is 14.9 Å². The molecule has 3 heterocycles. The molecule has 0 saturated carbocycles. The largest absolute Gasteiger partial charge is 0.357 e. The van der Waals surface area contributed by atoms with Crippen molar-refractivity contribution in [1.29, 1.82) is 10.5 Å². The van der Waals surface area contributed by atoms with Crippen molar-refractivity contribution >= 4 is 27.3 Å². The lowest BCUT2D eigenvalue weighted by atomic mass is 9.84. The van der Waals surface area contributed by atoms with Gasteiger partial charge in [-0.2, -0.15) is 15.6 Å². The SMILES string of the molecule is CC1=C(C#N)C(c2cc3n[nH]c(C)c3s2)C(C#N)=C(c2ccc(F)cc2)N1. The Kier molecular flexibility index (Phi) is 4.02. The Bertz CT molecular complexity index is 1200. The van der Waals surface area contributed by atoms with Gasteiger partial charge in [0.1, 0.15) is 11.3 Å². The highest BCUT2D eigenvalue weighted by Crippen LogP contribution is 2.44. The van der Waals surface area contributed by atoms with Gasteiger partial charge >= 0.3 is 0 Å². The van der Waals surface area contributed by atoms with E-state index in [1.165, 1.54) is 23.5 Å². The first-order valence-corrected chi connectivity index (χ1v) is 9.07. The van der Waals surface area contributed by atoms with Crippen LogP contribution < -0.4 is 5.32 Å². The molecule has 1 unspecified atom stereocenters. The Balaban J connectivity index is 1.94. The Morgan fingerprint density at radius 1 is 1.11 bits per heavy atom. The molecule has 0 saturated heterocycles. The second-order valence-electron chi connectivity index (χ2n) is 6.33. The molecule has 0 spiro atoms. The molecule has 2 aromatic heterocycles. The molecular formula is C20H14FN5S. The van der Waals surface area contributed by atoms with Crippen molar-refractivity contribution in [2.24, 2.45) is 0 Å². The number of hydrogen-bond donors (Lipinski definition) is 2. The lowest BCUT2D eigenvalue weighted by Crippen LogP contribution is -2.23. The third kappa shape index (κ3) is 2.69. The molecule has 3 aromatic rings. The fourth-order valence-corrected chi connectivity index (χ4v) is 4.48. The quantitative estimate of drug-likeness (QED) is 0.691. The minimum Gasteiger partial charge on any atom is -0.357 e. The number of nitriles is 2. The highest BCUT2D eigenvalue weighted by atomic mass is 32.1. The smallest absolute Gasteiger partial charge is 0.123 e. The summed E-state index contributed by atoms with van der Waals surface area (Å²) in [5.41, 5.74) is 4.70. The standard InChI is InChI=1S/C20H14FN5S/c1-10-14(8-22)18(17-7-16-20(27-17)11(2)25-26-16)15(9-23)19(24-10)12-3-5-13(21)6-4-12/h3-7,18,24H,1-2H3,(H,25,26). The van der Waals surface area contributed by atoms with E-state index in [4.69, 9.17) is 0 Å².